The fourth-order valence-electron chi connectivity index (χ4n) is 3.60. The molecule has 2 heterocycles. The fourth-order valence-corrected chi connectivity index (χ4v) is 3.94. The third-order valence-electron chi connectivity index (χ3n) is 4.87. The zero-order valence-electron chi connectivity index (χ0n) is 13.9. The number of carbonyl (C=O) groups excluding carboxylic acids is 1. The minimum absolute atomic E-state index is 0.0171. The summed E-state index contributed by atoms with van der Waals surface area (Å²) in [6, 6.07) is 2.91. The normalized spacial score (nSPS) is 21.4. The van der Waals surface area contributed by atoms with Gasteiger partial charge in [-0.05, 0) is 37.2 Å². The van der Waals surface area contributed by atoms with E-state index < -0.39 is 4.92 Å². The third kappa shape index (κ3) is 2.88. The molecular weight excluding hydrogens is 358 g/mol. The number of nitro groups is 1. The van der Waals surface area contributed by atoms with Crippen LogP contribution in [-0.4, -0.2) is 33.7 Å². The minimum atomic E-state index is -0.509. The van der Waals surface area contributed by atoms with Gasteiger partial charge in [-0.3, -0.25) is 19.8 Å². The quantitative estimate of drug-likeness (QED) is 0.376. The van der Waals surface area contributed by atoms with E-state index >= 15 is 0 Å². The number of rotatable bonds is 3. The maximum absolute atomic E-state index is 12.8. The topological polar surface area (TPSA) is 93.9 Å². The summed E-state index contributed by atoms with van der Waals surface area (Å²) in [5.74, 6) is 0.498. The molecule has 2 aliphatic heterocycles. The lowest BCUT2D eigenvalue weighted by Crippen LogP contribution is -2.41. The van der Waals surface area contributed by atoms with Crippen molar-refractivity contribution in [2.45, 2.75) is 38.1 Å². The van der Waals surface area contributed by atoms with Crippen molar-refractivity contribution in [2.24, 2.45) is 0 Å². The Balaban J connectivity index is 1.67. The van der Waals surface area contributed by atoms with E-state index in [1.54, 1.807) is 4.90 Å². The Morgan fingerprint density at radius 3 is 2.62 bits per heavy atom. The predicted octanol–water partition coefficient (Wildman–Crippen LogP) is 2.71. The molecule has 0 spiro atoms. The van der Waals surface area contributed by atoms with Crippen molar-refractivity contribution in [1.29, 1.82) is 0 Å². The van der Waals surface area contributed by atoms with Gasteiger partial charge in [-0.25, -0.2) is 0 Å². The van der Waals surface area contributed by atoms with Crippen LogP contribution < -0.4 is 14.8 Å². The molecule has 0 aromatic heterocycles. The highest BCUT2D eigenvalue weighted by molar-refractivity contribution is 7.80. The molecule has 0 unspecified atom stereocenters. The van der Waals surface area contributed by atoms with E-state index in [0.29, 0.717) is 16.6 Å². The minimum Gasteiger partial charge on any atom is -0.454 e. The number of carbonyl (C=O) groups is 1. The summed E-state index contributed by atoms with van der Waals surface area (Å²) in [5.41, 5.74) is 0.351. The Labute approximate surface area is 154 Å². The van der Waals surface area contributed by atoms with E-state index in [0.717, 1.165) is 25.7 Å². The average molecular weight is 375 g/mol. The summed E-state index contributed by atoms with van der Waals surface area (Å²) in [6.07, 6.45) is 6.62. The molecule has 8 nitrogen and oxygen atoms in total. The molecule has 0 radical (unpaired) electrons. The number of ether oxygens (including phenoxy) is 2. The molecule has 1 saturated heterocycles. The summed E-state index contributed by atoms with van der Waals surface area (Å²) >= 11 is 5.33. The van der Waals surface area contributed by atoms with Gasteiger partial charge in [0, 0.05) is 6.04 Å². The highest BCUT2D eigenvalue weighted by Gasteiger charge is 2.37. The molecule has 26 heavy (non-hydrogen) atoms. The molecule has 4 rings (SSSR count). The molecular formula is C17H17N3O5S. The SMILES string of the molecule is O=C1/C(=C\c2cc3c(cc2[N+](=O)[O-])OCO3)NC(=S)N1C1CCCCC1. The number of thiocarbonyl (C=S) groups is 1. The van der Waals surface area contributed by atoms with Crippen LogP contribution in [-0.2, 0) is 4.79 Å². The zero-order valence-corrected chi connectivity index (χ0v) is 14.7. The van der Waals surface area contributed by atoms with E-state index in [-0.39, 0.29) is 35.7 Å². The molecule has 1 saturated carbocycles. The lowest BCUT2D eigenvalue weighted by atomic mass is 9.94. The van der Waals surface area contributed by atoms with E-state index in [1.165, 1.54) is 24.6 Å². The van der Waals surface area contributed by atoms with E-state index in [9.17, 15) is 14.9 Å². The van der Waals surface area contributed by atoms with Gasteiger partial charge in [-0.15, -0.1) is 0 Å². The number of fused-ring (bicyclic) bond motifs is 1. The van der Waals surface area contributed by atoms with Crippen molar-refractivity contribution in [1.82, 2.24) is 10.2 Å². The Bertz CT molecular complexity index is 832. The number of hydrogen-bond donors (Lipinski definition) is 1. The van der Waals surface area contributed by atoms with Crippen LogP contribution in [0.1, 0.15) is 37.7 Å². The van der Waals surface area contributed by atoms with Gasteiger partial charge in [0.25, 0.3) is 11.6 Å². The number of nitrogens with zero attached hydrogens (tertiary/aromatic N) is 2. The first kappa shape index (κ1) is 16.8. The smallest absolute Gasteiger partial charge is 0.280 e. The molecule has 1 aromatic carbocycles. The maximum atomic E-state index is 12.8. The molecule has 1 amide bonds. The van der Waals surface area contributed by atoms with Gasteiger partial charge in [0.2, 0.25) is 6.79 Å². The molecule has 0 atom stereocenters. The van der Waals surface area contributed by atoms with Crippen molar-refractivity contribution in [3.8, 4) is 11.5 Å². The summed E-state index contributed by atoms with van der Waals surface area (Å²) in [5, 5.41) is 14.7. The van der Waals surface area contributed by atoms with Crippen LogP contribution in [0.15, 0.2) is 17.8 Å². The van der Waals surface area contributed by atoms with Crippen LogP contribution in [0.25, 0.3) is 6.08 Å². The molecule has 1 aromatic rings. The summed E-state index contributed by atoms with van der Waals surface area (Å²) in [7, 11) is 0. The van der Waals surface area contributed by atoms with Gasteiger partial charge in [0.05, 0.1) is 16.6 Å². The highest BCUT2D eigenvalue weighted by Crippen LogP contribution is 2.39. The first-order valence-electron chi connectivity index (χ1n) is 8.49. The zero-order chi connectivity index (χ0) is 18.3. The first-order valence-corrected chi connectivity index (χ1v) is 8.89. The van der Waals surface area contributed by atoms with E-state index in [1.807, 2.05) is 0 Å². The molecule has 136 valence electrons. The highest BCUT2D eigenvalue weighted by atomic mass is 32.1. The number of nitro benzene ring substituents is 1. The largest absolute Gasteiger partial charge is 0.454 e. The van der Waals surface area contributed by atoms with Crippen LogP contribution in [0.5, 0.6) is 11.5 Å². The molecule has 0 bridgehead atoms. The molecule has 3 aliphatic rings. The maximum Gasteiger partial charge on any atom is 0.280 e. The Hall–Kier alpha value is -2.68. The van der Waals surface area contributed by atoms with Gasteiger partial charge >= 0.3 is 0 Å². The second-order valence-electron chi connectivity index (χ2n) is 6.48. The van der Waals surface area contributed by atoms with E-state index in [4.69, 9.17) is 21.7 Å². The molecule has 1 N–H and O–H groups in total. The first-order chi connectivity index (χ1) is 12.5. The van der Waals surface area contributed by atoms with Crippen LogP contribution in [0.4, 0.5) is 5.69 Å². The van der Waals surface area contributed by atoms with E-state index in [2.05, 4.69) is 5.32 Å². The van der Waals surface area contributed by atoms with Crippen LogP contribution in [0.3, 0.4) is 0 Å². The number of benzene rings is 1. The molecule has 2 fully saturated rings. The van der Waals surface area contributed by atoms with Crippen molar-refractivity contribution < 1.29 is 19.2 Å². The third-order valence-corrected chi connectivity index (χ3v) is 5.17. The molecule has 1 aliphatic carbocycles. The van der Waals surface area contributed by atoms with Gasteiger partial charge in [-0.1, -0.05) is 19.3 Å². The molecule has 9 heteroatoms. The van der Waals surface area contributed by atoms with Crippen LogP contribution in [0, 0.1) is 10.1 Å². The van der Waals surface area contributed by atoms with Crippen molar-refractivity contribution in [3.63, 3.8) is 0 Å². The second kappa shape index (κ2) is 6.56. The number of hydrogen-bond acceptors (Lipinski definition) is 6. The van der Waals surface area contributed by atoms with Gasteiger partial charge in [0.15, 0.2) is 16.6 Å². The summed E-state index contributed by atoms with van der Waals surface area (Å²) in [6.45, 7) is 0.0171. The fraction of sp³-hybridized carbons (Fsp3) is 0.412. The van der Waals surface area contributed by atoms with Gasteiger partial charge < -0.3 is 14.8 Å². The standard InChI is InChI=1S/C17H17N3O5S/c21-16-12(18-17(26)19(16)11-4-2-1-3-5-11)6-10-7-14-15(25-9-24-14)8-13(10)20(22)23/h6-8,11H,1-5,9H2,(H,18,26)/b12-6+. The Kier molecular flexibility index (Phi) is 4.23. The van der Waals surface area contributed by atoms with Crippen molar-refractivity contribution in [3.05, 3.63) is 33.5 Å². The van der Waals surface area contributed by atoms with Gasteiger partial charge in [-0.2, -0.15) is 0 Å². The summed E-state index contributed by atoms with van der Waals surface area (Å²) in [4.78, 5) is 25.3. The number of amides is 1. The summed E-state index contributed by atoms with van der Waals surface area (Å²) < 4.78 is 10.5. The number of nitrogens with one attached hydrogen (secondary N) is 1. The van der Waals surface area contributed by atoms with Crippen LogP contribution in [0.2, 0.25) is 0 Å². The van der Waals surface area contributed by atoms with Crippen LogP contribution >= 0.6 is 12.2 Å². The average Bonchev–Trinajstić information content (AvgIpc) is 3.19. The monoisotopic (exact) mass is 375 g/mol. The Morgan fingerprint density at radius 1 is 1.23 bits per heavy atom. The second-order valence-corrected chi connectivity index (χ2v) is 6.86. The van der Waals surface area contributed by atoms with Crippen molar-refractivity contribution in [2.75, 3.05) is 6.79 Å². The van der Waals surface area contributed by atoms with Crippen molar-refractivity contribution >= 4 is 35.0 Å². The lowest BCUT2D eigenvalue weighted by Gasteiger charge is -2.29. The lowest BCUT2D eigenvalue weighted by molar-refractivity contribution is -0.385. The predicted molar refractivity (Wildman–Crippen MR) is 96.6 cm³/mol. The Morgan fingerprint density at radius 2 is 1.92 bits per heavy atom. The van der Waals surface area contributed by atoms with Gasteiger partial charge in [0.1, 0.15) is 5.70 Å².